The summed E-state index contributed by atoms with van der Waals surface area (Å²) in [5.41, 5.74) is 0.469. The van der Waals surface area contributed by atoms with Crippen molar-refractivity contribution in [2.75, 3.05) is 19.7 Å². The van der Waals surface area contributed by atoms with Crippen LogP contribution in [-0.2, 0) is 0 Å². The van der Waals surface area contributed by atoms with Gasteiger partial charge < -0.3 is 15.3 Å². The number of aryl methyl sites for hydroxylation is 1. The summed E-state index contributed by atoms with van der Waals surface area (Å²) in [4.78, 5) is 32.6. The van der Waals surface area contributed by atoms with Gasteiger partial charge in [0.2, 0.25) is 0 Å². The van der Waals surface area contributed by atoms with Crippen LogP contribution in [0.4, 0.5) is 0 Å². The van der Waals surface area contributed by atoms with E-state index >= 15 is 0 Å². The fraction of sp³-hybridized carbons (Fsp3) is 0.389. The first-order chi connectivity index (χ1) is 12.1. The summed E-state index contributed by atoms with van der Waals surface area (Å²) < 4.78 is 0. The Morgan fingerprint density at radius 1 is 1.40 bits per heavy atom. The van der Waals surface area contributed by atoms with E-state index in [4.69, 9.17) is 0 Å². The Kier molecular flexibility index (Phi) is 5.45. The average molecular weight is 359 g/mol. The number of piperidine rings is 1. The molecule has 2 amide bonds. The van der Waals surface area contributed by atoms with E-state index < -0.39 is 0 Å². The number of amides is 2. The summed E-state index contributed by atoms with van der Waals surface area (Å²) in [5, 5.41) is 12.6. The van der Waals surface area contributed by atoms with Gasteiger partial charge in [0.15, 0.2) is 0 Å². The first-order valence-electron chi connectivity index (χ1n) is 8.26. The van der Waals surface area contributed by atoms with Gasteiger partial charge in [0, 0.05) is 42.9 Å². The predicted molar refractivity (Wildman–Crippen MR) is 95.6 cm³/mol. The minimum Gasteiger partial charge on any atom is -0.396 e. The van der Waals surface area contributed by atoms with Gasteiger partial charge in [-0.3, -0.25) is 14.6 Å². The molecule has 6 nitrogen and oxygen atoms in total. The highest BCUT2D eigenvalue weighted by atomic mass is 32.1. The number of pyridine rings is 1. The molecule has 0 aliphatic carbocycles. The number of hydrogen-bond donors (Lipinski definition) is 2. The molecule has 0 spiro atoms. The first-order valence-corrected chi connectivity index (χ1v) is 9.07. The lowest BCUT2D eigenvalue weighted by atomic mass is 9.92. The zero-order valence-corrected chi connectivity index (χ0v) is 14.8. The maximum Gasteiger partial charge on any atom is 0.263 e. The third kappa shape index (κ3) is 4.05. The minimum atomic E-state index is -0.281. The van der Waals surface area contributed by atoms with Crippen LogP contribution in [0.2, 0.25) is 0 Å². The summed E-state index contributed by atoms with van der Waals surface area (Å²) in [7, 11) is 0. The number of rotatable bonds is 4. The zero-order valence-electron chi connectivity index (χ0n) is 14.0. The van der Waals surface area contributed by atoms with E-state index in [-0.39, 0.29) is 30.4 Å². The van der Waals surface area contributed by atoms with Gasteiger partial charge in [0.1, 0.15) is 0 Å². The lowest BCUT2D eigenvalue weighted by molar-refractivity contribution is 0.0545. The molecule has 2 aromatic rings. The average Bonchev–Trinajstić information content (AvgIpc) is 3.08. The molecule has 3 rings (SSSR count). The van der Waals surface area contributed by atoms with Crippen LogP contribution >= 0.6 is 11.3 Å². The Morgan fingerprint density at radius 2 is 2.24 bits per heavy atom. The van der Waals surface area contributed by atoms with Gasteiger partial charge in [0.25, 0.3) is 11.8 Å². The number of carbonyl (C=O) groups is 2. The SMILES string of the molecule is Cc1ccc(C(=O)N2CC[C@H](CO)[C@H](NC(=O)c3cccnc3)C2)s1. The standard InChI is InChI=1S/C18H21N3O3S/c1-12-4-5-16(25-12)18(24)21-8-6-14(11-22)15(10-21)20-17(23)13-3-2-7-19-9-13/h2-5,7,9,14-15,22H,6,8,10-11H2,1H3,(H,20,23)/t14-,15-/m1/s1. The molecular weight excluding hydrogens is 338 g/mol. The minimum absolute atomic E-state index is 0.0157. The lowest BCUT2D eigenvalue weighted by Crippen LogP contribution is -2.54. The molecule has 2 atom stereocenters. The molecular formula is C18H21N3O3S. The van der Waals surface area contributed by atoms with E-state index in [1.165, 1.54) is 17.5 Å². The van der Waals surface area contributed by atoms with Crippen LogP contribution in [-0.4, -0.2) is 52.5 Å². The number of likely N-dealkylation sites (tertiary alicyclic amines) is 1. The van der Waals surface area contributed by atoms with Gasteiger partial charge in [0.05, 0.1) is 16.5 Å². The highest BCUT2D eigenvalue weighted by Gasteiger charge is 2.33. The van der Waals surface area contributed by atoms with Crippen molar-refractivity contribution in [1.29, 1.82) is 0 Å². The number of hydrogen-bond acceptors (Lipinski definition) is 5. The Morgan fingerprint density at radius 3 is 2.88 bits per heavy atom. The topological polar surface area (TPSA) is 82.5 Å². The second-order valence-electron chi connectivity index (χ2n) is 6.21. The van der Waals surface area contributed by atoms with E-state index in [2.05, 4.69) is 10.3 Å². The highest BCUT2D eigenvalue weighted by molar-refractivity contribution is 7.13. The summed E-state index contributed by atoms with van der Waals surface area (Å²) in [6.07, 6.45) is 3.77. The molecule has 7 heteroatoms. The number of aromatic nitrogens is 1. The molecule has 1 saturated heterocycles. The van der Waals surface area contributed by atoms with E-state index in [1.54, 1.807) is 23.2 Å². The van der Waals surface area contributed by atoms with Crippen LogP contribution < -0.4 is 5.32 Å². The van der Waals surface area contributed by atoms with Gasteiger partial charge in [-0.2, -0.15) is 0 Å². The van der Waals surface area contributed by atoms with Crippen LogP contribution in [0.25, 0.3) is 0 Å². The number of aliphatic hydroxyl groups is 1. The number of aliphatic hydroxyl groups excluding tert-OH is 1. The molecule has 1 aliphatic heterocycles. The summed E-state index contributed by atoms with van der Waals surface area (Å²) in [6.45, 7) is 2.93. The van der Waals surface area contributed by atoms with Crippen molar-refractivity contribution in [2.45, 2.75) is 19.4 Å². The molecule has 0 radical (unpaired) electrons. The largest absolute Gasteiger partial charge is 0.396 e. The van der Waals surface area contributed by atoms with Gasteiger partial charge in [-0.25, -0.2) is 0 Å². The van der Waals surface area contributed by atoms with Gasteiger partial charge >= 0.3 is 0 Å². The molecule has 1 aliphatic rings. The molecule has 1 fully saturated rings. The maximum absolute atomic E-state index is 12.7. The number of nitrogens with one attached hydrogen (secondary N) is 1. The van der Waals surface area contributed by atoms with E-state index in [0.717, 1.165) is 4.88 Å². The van der Waals surface area contributed by atoms with Crippen LogP contribution in [0.5, 0.6) is 0 Å². The molecule has 0 unspecified atom stereocenters. The van der Waals surface area contributed by atoms with Crippen molar-refractivity contribution in [3.05, 3.63) is 52.0 Å². The molecule has 132 valence electrons. The molecule has 3 heterocycles. The quantitative estimate of drug-likeness (QED) is 0.871. The van der Waals surface area contributed by atoms with Crippen LogP contribution in [0.3, 0.4) is 0 Å². The Labute approximate surface area is 150 Å². The summed E-state index contributed by atoms with van der Waals surface area (Å²) >= 11 is 1.47. The second kappa shape index (κ2) is 7.76. The van der Waals surface area contributed by atoms with Crippen molar-refractivity contribution in [2.24, 2.45) is 5.92 Å². The second-order valence-corrected chi connectivity index (χ2v) is 7.50. The number of nitrogens with zero attached hydrogens (tertiary/aromatic N) is 2. The Hall–Kier alpha value is -2.25. The highest BCUT2D eigenvalue weighted by Crippen LogP contribution is 2.23. The molecule has 25 heavy (non-hydrogen) atoms. The van der Waals surface area contributed by atoms with E-state index in [9.17, 15) is 14.7 Å². The molecule has 2 aromatic heterocycles. The van der Waals surface area contributed by atoms with Crippen molar-refractivity contribution >= 4 is 23.2 Å². The normalized spacial score (nSPS) is 20.3. The van der Waals surface area contributed by atoms with Crippen LogP contribution in [0.15, 0.2) is 36.7 Å². The monoisotopic (exact) mass is 359 g/mol. The van der Waals surface area contributed by atoms with Crippen molar-refractivity contribution in [3.63, 3.8) is 0 Å². The molecule has 0 aromatic carbocycles. The van der Waals surface area contributed by atoms with Gasteiger partial charge in [-0.15, -0.1) is 11.3 Å². The summed E-state index contributed by atoms with van der Waals surface area (Å²) in [5.74, 6) is -0.317. The van der Waals surface area contributed by atoms with Crippen molar-refractivity contribution in [1.82, 2.24) is 15.2 Å². The van der Waals surface area contributed by atoms with Crippen molar-refractivity contribution in [3.8, 4) is 0 Å². The predicted octanol–water partition coefficient (Wildman–Crippen LogP) is 1.70. The van der Waals surface area contributed by atoms with Crippen LogP contribution in [0, 0.1) is 12.8 Å². The lowest BCUT2D eigenvalue weighted by Gasteiger charge is -2.38. The van der Waals surface area contributed by atoms with Crippen LogP contribution in [0.1, 0.15) is 31.3 Å². The molecule has 0 saturated carbocycles. The molecule has 2 N–H and O–H groups in total. The number of thiophene rings is 1. The Balaban J connectivity index is 1.70. The molecule has 0 bridgehead atoms. The van der Waals surface area contributed by atoms with Crippen molar-refractivity contribution < 1.29 is 14.7 Å². The van der Waals surface area contributed by atoms with Gasteiger partial charge in [-0.1, -0.05) is 0 Å². The fourth-order valence-electron chi connectivity index (χ4n) is 3.02. The fourth-order valence-corrected chi connectivity index (χ4v) is 3.86. The maximum atomic E-state index is 12.7. The summed E-state index contributed by atoms with van der Waals surface area (Å²) in [6, 6.07) is 6.88. The van der Waals surface area contributed by atoms with Gasteiger partial charge in [-0.05, 0) is 37.6 Å². The smallest absolute Gasteiger partial charge is 0.263 e. The third-order valence-corrected chi connectivity index (χ3v) is 5.46. The van der Waals surface area contributed by atoms with E-state index in [0.29, 0.717) is 30.0 Å². The first kappa shape index (κ1) is 17.6. The number of carbonyl (C=O) groups excluding carboxylic acids is 2. The zero-order chi connectivity index (χ0) is 17.8. The van der Waals surface area contributed by atoms with E-state index in [1.807, 2.05) is 19.1 Å². The Bertz CT molecular complexity index is 747. The third-order valence-electron chi connectivity index (χ3n) is 4.47.